The van der Waals surface area contributed by atoms with Crippen LogP contribution >= 0.6 is 24.0 Å². The summed E-state index contributed by atoms with van der Waals surface area (Å²) in [5.74, 6) is 3.01. The lowest BCUT2D eigenvalue weighted by Gasteiger charge is -2.13. The highest BCUT2D eigenvalue weighted by molar-refractivity contribution is 14.0. The lowest BCUT2D eigenvalue weighted by molar-refractivity contribution is 0.123. The number of ether oxygens (including phenoxy) is 2. The van der Waals surface area contributed by atoms with Gasteiger partial charge in [0.15, 0.2) is 5.96 Å². The third-order valence-corrected chi connectivity index (χ3v) is 4.00. The zero-order valence-corrected chi connectivity index (χ0v) is 20.3. The van der Waals surface area contributed by atoms with E-state index in [0.717, 1.165) is 23.6 Å². The van der Waals surface area contributed by atoms with Crippen LogP contribution in [-0.4, -0.2) is 37.7 Å². The first kappa shape index (κ1) is 25.2. The highest BCUT2D eigenvalue weighted by Crippen LogP contribution is 2.22. The average Bonchev–Trinajstić information content (AvgIpc) is 3.15. The molecule has 0 spiro atoms. The maximum Gasteiger partial charge on any atom is 0.216 e. The summed E-state index contributed by atoms with van der Waals surface area (Å²) in [5, 5.41) is 6.47. The van der Waals surface area contributed by atoms with Crippen molar-refractivity contribution in [1.82, 2.24) is 15.6 Å². The van der Waals surface area contributed by atoms with E-state index in [1.165, 1.54) is 0 Å². The number of hydrogen-bond donors (Lipinski definition) is 2. The summed E-state index contributed by atoms with van der Waals surface area (Å²) >= 11 is 0. The molecule has 29 heavy (non-hydrogen) atoms. The maximum absolute atomic E-state index is 5.78. The summed E-state index contributed by atoms with van der Waals surface area (Å²) in [6, 6.07) is 7.85. The first-order chi connectivity index (χ1) is 13.4. The van der Waals surface area contributed by atoms with Gasteiger partial charge in [0.05, 0.1) is 26.5 Å². The van der Waals surface area contributed by atoms with E-state index in [1.54, 1.807) is 13.3 Å². The molecule has 0 unspecified atom stereocenters. The van der Waals surface area contributed by atoms with E-state index >= 15 is 0 Å². The fourth-order valence-electron chi connectivity index (χ4n) is 2.46. The van der Waals surface area contributed by atoms with Crippen LogP contribution in [0.4, 0.5) is 0 Å². The second-order valence-electron chi connectivity index (χ2n) is 7.35. The molecule has 7 nitrogen and oxygen atoms in total. The number of nitrogens with zero attached hydrogens (tertiary/aromatic N) is 2. The van der Waals surface area contributed by atoms with Gasteiger partial charge in [-0.2, -0.15) is 0 Å². The SMILES string of the molecule is CCNC(=NCc1ncc(C(C)(C)C)o1)NCCOCc1ccccc1OC.I. The van der Waals surface area contributed by atoms with Crippen molar-refractivity contribution in [2.75, 3.05) is 26.8 Å². The molecule has 0 aliphatic carbocycles. The summed E-state index contributed by atoms with van der Waals surface area (Å²) in [5.41, 5.74) is 0.973. The minimum atomic E-state index is -0.0590. The first-order valence-corrected chi connectivity index (χ1v) is 9.61. The van der Waals surface area contributed by atoms with E-state index in [1.807, 2.05) is 31.2 Å². The number of para-hydroxylation sites is 1. The van der Waals surface area contributed by atoms with Crippen LogP contribution in [-0.2, 0) is 23.3 Å². The first-order valence-electron chi connectivity index (χ1n) is 9.61. The molecule has 162 valence electrons. The normalized spacial score (nSPS) is 11.7. The second kappa shape index (κ2) is 12.7. The number of guanidine groups is 1. The highest BCUT2D eigenvalue weighted by atomic mass is 127. The van der Waals surface area contributed by atoms with Gasteiger partial charge in [-0.25, -0.2) is 9.98 Å². The Kier molecular flexibility index (Phi) is 11.0. The predicted molar refractivity (Wildman–Crippen MR) is 126 cm³/mol. The van der Waals surface area contributed by atoms with Crippen molar-refractivity contribution in [3.63, 3.8) is 0 Å². The number of aromatic nitrogens is 1. The summed E-state index contributed by atoms with van der Waals surface area (Å²) in [6.07, 6.45) is 1.77. The molecule has 0 saturated heterocycles. The molecule has 0 amide bonds. The van der Waals surface area contributed by atoms with E-state index in [4.69, 9.17) is 13.9 Å². The molecule has 0 aliphatic rings. The summed E-state index contributed by atoms with van der Waals surface area (Å²) < 4.78 is 16.8. The molecular weight excluding hydrogens is 483 g/mol. The Morgan fingerprint density at radius 2 is 1.97 bits per heavy atom. The molecule has 8 heteroatoms. The number of oxazole rings is 1. The van der Waals surface area contributed by atoms with E-state index in [2.05, 4.69) is 41.4 Å². The molecule has 2 rings (SSSR count). The molecular formula is C21H33IN4O3. The van der Waals surface area contributed by atoms with Gasteiger partial charge in [0.2, 0.25) is 5.89 Å². The monoisotopic (exact) mass is 516 g/mol. The molecule has 2 aromatic rings. The van der Waals surface area contributed by atoms with E-state index < -0.39 is 0 Å². The van der Waals surface area contributed by atoms with Crippen molar-refractivity contribution in [3.05, 3.63) is 47.7 Å². The van der Waals surface area contributed by atoms with Gasteiger partial charge in [-0.1, -0.05) is 39.0 Å². The van der Waals surface area contributed by atoms with Crippen LogP contribution in [0.25, 0.3) is 0 Å². The topological polar surface area (TPSA) is 80.9 Å². The largest absolute Gasteiger partial charge is 0.496 e. The van der Waals surface area contributed by atoms with Crippen molar-refractivity contribution < 1.29 is 13.9 Å². The molecule has 0 saturated carbocycles. The zero-order chi connectivity index (χ0) is 20.4. The van der Waals surface area contributed by atoms with Gasteiger partial charge >= 0.3 is 0 Å². The Hall–Kier alpha value is -1.81. The van der Waals surface area contributed by atoms with Crippen LogP contribution in [0.1, 0.15) is 44.9 Å². The Bertz CT molecular complexity index is 756. The zero-order valence-electron chi connectivity index (χ0n) is 17.9. The van der Waals surface area contributed by atoms with Gasteiger partial charge in [-0.3, -0.25) is 0 Å². The number of halogens is 1. The Balaban J connectivity index is 0.00000420. The van der Waals surface area contributed by atoms with Crippen molar-refractivity contribution in [3.8, 4) is 5.75 Å². The van der Waals surface area contributed by atoms with Crippen LogP contribution in [0.15, 0.2) is 39.9 Å². The van der Waals surface area contributed by atoms with Gasteiger partial charge in [-0.15, -0.1) is 24.0 Å². The number of nitrogens with one attached hydrogen (secondary N) is 2. The molecule has 1 heterocycles. The Morgan fingerprint density at radius 1 is 1.21 bits per heavy atom. The van der Waals surface area contributed by atoms with Crippen LogP contribution in [0.2, 0.25) is 0 Å². The standard InChI is InChI=1S/C21H32N4O3.HI/c1-6-22-20(25-14-19-24-13-18(28-19)21(2,3)4)23-11-12-27-15-16-9-7-8-10-17(16)26-5;/h7-10,13H,6,11-12,14-15H2,1-5H3,(H2,22,23,25);1H. The van der Waals surface area contributed by atoms with Gasteiger partial charge in [0.25, 0.3) is 0 Å². The van der Waals surface area contributed by atoms with E-state index in [9.17, 15) is 0 Å². The van der Waals surface area contributed by atoms with Crippen molar-refractivity contribution in [2.24, 2.45) is 4.99 Å². The van der Waals surface area contributed by atoms with Crippen LogP contribution in [0.5, 0.6) is 5.75 Å². The molecule has 1 aromatic heterocycles. The number of benzene rings is 1. The Morgan fingerprint density at radius 3 is 2.62 bits per heavy atom. The fraction of sp³-hybridized carbons (Fsp3) is 0.524. The summed E-state index contributed by atoms with van der Waals surface area (Å²) in [7, 11) is 1.66. The molecule has 0 radical (unpaired) electrons. The molecule has 0 bridgehead atoms. The van der Waals surface area contributed by atoms with Crippen molar-refractivity contribution in [2.45, 2.75) is 46.3 Å². The molecule has 0 aliphatic heterocycles. The minimum Gasteiger partial charge on any atom is -0.496 e. The lowest BCUT2D eigenvalue weighted by atomic mass is 9.94. The fourth-order valence-corrected chi connectivity index (χ4v) is 2.46. The van der Waals surface area contributed by atoms with Crippen molar-refractivity contribution in [1.29, 1.82) is 0 Å². The van der Waals surface area contributed by atoms with Crippen molar-refractivity contribution >= 4 is 29.9 Å². The number of aliphatic imine (C=N–C) groups is 1. The second-order valence-corrected chi connectivity index (χ2v) is 7.35. The molecule has 2 N–H and O–H groups in total. The average molecular weight is 516 g/mol. The number of methoxy groups -OCH3 is 1. The molecule has 1 aromatic carbocycles. The third-order valence-electron chi connectivity index (χ3n) is 4.00. The van der Waals surface area contributed by atoms with E-state index in [0.29, 0.717) is 38.2 Å². The van der Waals surface area contributed by atoms with Gasteiger partial charge in [0.1, 0.15) is 18.1 Å². The Labute approximate surface area is 190 Å². The minimum absolute atomic E-state index is 0. The van der Waals surface area contributed by atoms with Crippen LogP contribution < -0.4 is 15.4 Å². The van der Waals surface area contributed by atoms with Gasteiger partial charge in [-0.05, 0) is 13.0 Å². The lowest BCUT2D eigenvalue weighted by Crippen LogP contribution is -2.39. The quantitative estimate of drug-likeness (QED) is 0.228. The van der Waals surface area contributed by atoms with E-state index in [-0.39, 0.29) is 29.4 Å². The third kappa shape index (κ3) is 8.61. The van der Waals surface area contributed by atoms with Gasteiger partial charge in [0, 0.05) is 24.1 Å². The number of rotatable bonds is 9. The summed E-state index contributed by atoms with van der Waals surface area (Å²) in [4.78, 5) is 8.83. The van der Waals surface area contributed by atoms with Gasteiger partial charge < -0.3 is 24.5 Å². The smallest absolute Gasteiger partial charge is 0.216 e. The number of hydrogen-bond acceptors (Lipinski definition) is 5. The van der Waals surface area contributed by atoms with Crippen LogP contribution in [0.3, 0.4) is 0 Å². The molecule has 0 atom stereocenters. The maximum atomic E-state index is 5.78. The predicted octanol–water partition coefficient (Wildman–Crippen LogP) is 3.87. The highest BCUT2D eigenvalue weighted by Gasteiger charge is 2.19. The van der Waals surface area contributed by atoms with Crippen LogP contribution in [0, 0.1) is 0 Å². The summed E-state index contributed by atoms with van der Waals surface area (Å²) in [6.45, 7) is 11.2. The molecule has 0 fully saturated rings.